The smallest absolute Gasteiger partial charge is 0.253 e. The van der Waals surface area contributed by atoms with E-state index < -0.39 is 11.9 Å². The van der Waals surface area contributed by atoms with Crippen LogP contribution in [0.5, 0.6) is 0 Å². The number of hydrogen-bond acceptors (Lipinski definition) is 3. The second-order valence-corrected chi connectivity index (χ2v) is 6.22. The molecule has 5 nitrogen and oxygen atoms in total. The molecule has 0 bridgehead atoms. The zero-order valence-corrected chi connectivity index (χ0v) is 15.3. The first-order valence-electron chi connectivity index (χ1n) is 7.17. The van der Waals surface area contributed by atoms with Gasteiger partial charge in [-0.2, -0.15) is 0 Å². The third kappa shape index (κ3) is 4.98. The van der Waals surface area contributed by atoms with Crippen LogP contribution >= 0.6 is 35.6 Å². The number of piperazine rings is 1. The Bertz CT molecular complexity index is 583. The summed E-state index contributed by atoms with van der Waals surface area (Å²) in [5, 5.41) is 6.46. The van der Waals surface area contributed by atoms with Gasteiger partial charge in [-0.1, -0.05) is 29.3 Å². The Hall–Kier alpha value is -1.01. The van der Waals surface area contributed by atoms with Crippen LogP contribution in [0.1, 0.15) is 24.2 Å². The first-order valence-corrected chi connectivity index (χ1v) is 7.92. The summed E-state index contributed by atoms with van der Waals surface area (Å²) in [5.74, 6) is -0.503. The molecule has 2 unspecified atom stereocenters. The molecule has 0 aromatic heterocycles. The second kappa shape index (κ2) is 8.73. The van der Waals surface area contributed by atoms with Crippen LogP contribution in [-0.2, 0) is 4.79 Å². The van der Waals surface area contributed by atoms with Gasteiger partial charge in [0.15, 0.2) is 0 Å². The van der Waals surface area contributed by atoms with Crippen LogP contribution in [-0.4, -0.2) is 48.4 Å². The Kier molecular flexibility index (Phi) is 7.61. The molecule has 1 fully saturated rings. The summed E-state index contributed by atoms with van der Waals surface area (Å²) in [4.78, 5) is 26.4. The lowest BCUT2D eigenvalue weighted by molar-refractivity contribution is -0.133. The lowest BCUT2D eigenvalue weighted by Gasteiger charge is -2.33. The zero-order chi connectivity index (χ0) is 16.3. The number of hydrogen-bond donors (Lipinski definition) is 2. The first-order chi connectivity index (χ1) is 10.4. The summed E-state index contributed by atoms with van der Waals surface area (Å²) < 4.78 is 0. The molecule has 1 aliphatic heterocycles. The van der Waals surface area contributed by atoms with Crippen molar-refractivity contribution in [2.75, 3.05) is 19.6 Å². The van der Waals surface area contributed by atoms with Crippen molar-refractivity contribution in [1.82, 2.24) is 15.5 Å². The van der Waals surface area contributed by atoms with Crippen molar-refractivity contribution in [1.29, 1.82) is 0 Å². The summed E-state index contributed by atoms with van der Waals surface area (Å²) in [6.07, 6.45) is 0. The number of halogens is 3. The van der Waals surface area contributed by atoms with E-state index in [1.807, 2.05) is 6.92 Å². The van der Waals surface area contributed by atoms with E-state index >= 15 is 0 Å². The molecular formula is C15H20Cl3N3O2. The van der Waals surface area contributed by atoms with Crippen LogP contribution in [0.3, 0.4) is 0 Å². The van der Waals surface area contributed by atoms with E-state index in [-0.39, 0.29) is 34.9 Å². The minimum atomic E-state index is -0.618. The summed E-state index contributed by atoms with van der Waals surface area (Å²) in [5.41, 5.74) is 0.266. The van der Waals surface area contributed by atoms with Gasteiger partial charge in [-0.15, -0.1) is 12.4 Å². The van der Waals surface area contributed by atoms with Gasteiger partial charge in [0.25, 0.3) is 5.91 Å². The van der Waals surface area contributed by atoms with E-state index in [0.717, 1.165) is 6.54 Å². The van der Waals surface area contributed by atoms with Crippen LogP contribution in [0, 0.1) is 0 Å². The van der Waals surface area contributed by atoms with Crippen LogP contribution in [0.2, 0.25) is 10.0 Å². The molecule has 2 atom stereocenters. The van der Waals surface area contributed by atoms with Gasteiger partial charge in [0, 0.05) is 25.7 Å². The van der Waals surface area contributed by atoms with E-state index in [9.17, 15) is 9.59 Å². The number of benzene rings is 1. The summed E-state index contributed by atoms with van der Waals surface area (Å²) in [7, 11) is 0. The SMILES string of the molecule is CC1CN(C(=O)C(C)NC(=O)c2cccc(Cl)c2Cl)CCN1.Cl. The average molecular weight is 381 g/mol. The first kappa shape index (κ1) is 20.0. The molecule has 2 rings (SSSR count). The van der Waals surface area contributed by atoms with E-state index in [2.05, 4.69) is 10.6 Å². The third-order valence-electron chi connectivity index (χ3n) is 3.59. The fourth-order valence-corrected chi connectivity index (χ4v) is 2.81. The van der Waals surface area contributed by atoms with Crippen molar-refractivity contribution in [3.8, 4) is 0 Å². The van der Waals surface area contributed by atoms with E-state index in [4.69, 9.17) is 23.2 Å². The number of carbonyl (C=O) groups is 2. The van der Waals surface area contributed by atoms with Crippen molar-refractivity contribution < 1.29 is 9.59 Å². The predicted octanol–water partition coefficient (Wildman–Crippen LogP) is 2.35. The number of nitrogens with one attached hydrogen (secondary N) is 2. The molecule has 128 valence electrons. The average Bonchev–Trinajstić information content (AvgIpc) is 2.49. The second-order valence-electron chi connectivity index (χ2n) is 5.44. The van der Waals surface area contributed by atoms with E-state index in [1.165, 1.54) is 0 Å². The number of nitrogens with zero attached hydrogens (tertiary/aromatic N) is 1. The highest BCUT2D eigenvalue weighted by atomic mass is 35.5. The molecule has 0 spiro atoms. The summed E-state index contributed by atoms with van der Waals surface area (Å²) >= 11 is 11.9. The van der Waals surface area contributed by atoms with E-state index in [1.54, 1.807) is 30.0 Å². The maximum Gasteiger partial charge on any atom is 0.253 e. The Morgan fingerprint density at radius 1 is 1.39 bits per heavy atom. The monoisotopic (exact) mass is 379 g/mol. The highest BCUT2D eigenvalue weighted by Gasteiger charge is 2.26. The van der Waals surface area contributed by atoms with Crippen molar-refractivity contribution in [2.45, 2.75) is 25.9 Å². The Morgan fingerprint density at radius 2 is 2.09 bits per heavy atom. The Labute approximate surface area is 152 Å². The lowest BCUT2D eigenvalue weighted by Crippen LogP contribution is -2.56. The van der Waals surface area contributed by atoms with Gasteiger partial charge < -0.3 is 15.5 Å². The molecule has 0 saturated carbocycles. The van der Waals surface area contributed by atoms with Gasteiger partial charge >= 0.3 is 0 Å². The van der Waals surface area contributed by atoms with Crippen LogP contribution in [0.4, 0.5) is 0 Å². The van der Waals surface area contributed by atoms with Gasteiger partial charge in [-0.25, -0.2) is 0 Å². The van der Waals surface area contributed by atoms with E-state index in [0.29, 0.717) is 18.1 Å². The molecule has 0 aliphatic carbocycles. The van der Waals surface area contributed by atoms with Crippen molar-refractivity contribution >= 4 is 47.4 Å². The van der Waals surface area contributed by atoms with Crippen molar-refractivity contribution in [3.05, 3.63) is 33.8 Å². The lowest BCUT2D eigenvalue weighted by atomic mass is 10.1. The minimum Gasteiger partial charge on any atom is -0.340 e. The van der Waals surface area contributed by atoms with Gasteiger partial charge in [-0.05, 0) is 26.0 Å². The standard InChI is InChI=1S/C15H19Cl2N3O2.ClH/c1-9-8-20(7-6-18-9)15(22)10(2)19-14(21)11-4-3-5-12(16)13(11)17;/h3-5,9-10,18H,6-8H2,1-2H3,(H,19,21);1H. The van der Waals surface area contributed by atoms with Gasteiger partial charge in [-0.3, -0.25) is 9.59 Å². The van der Waals surface area contributed by atoms with Crippen LogP contribution < -0.4 is 10.6 Å². The van der Waals surface area contributed by atoms with Crippen molar-refractivity contribution in [2.24, 2.45) is 0 Å². The molecule has 1 aromatic rings. The van der Waals surface area contributed by atoms with Crippen molar-refractivity contribution in [3.63, 3.8) is 0 Å². The Balaban J connectivity index is 0.00000264. The molecule has 2 amide bonds. The highest BCUT2D eigenvalue weighted by molar-refractivity contribution is 6.43. The normalized spacial score (nSPS) is 18.8. The number of rotatable bonds is 3. The molecule has 2 N–H and O–H groups in total. The maximum absolute atomic E-state index is 12.4. The number of amides is 2. The van der Waals surface area contributed by atoms with Crippen LogP contribution in [0.15, 0.2) is 18.2 Å². The fraction of sp³-hybridized carbons (Fsp3) is 0.467. The minimum absolute atomic E-state index is 0. The zero-order valence-electron chi connectivity index (χ0n) is 12.9. The fourth-order valence-electron chi connectivity index (χ4n) is 2.42. The quantitative estimate of drug-likeness (QED) is 0.846. The topological polar surface area (TPSA) is 61.4 Å². The molecule has 1 aliphatic rings. The highest BCUT2D eigenvalue weighted by Crippen LogP contribution is 2.25. The number of carbonyl (C=O) groups excluding carboxylic acids is 2. The summed E-state index contributed by atoms with van der Waals surface area (Å²) in [6.45, 7) is 5.73. The molecule has 23 heavy (non-hydrogen) atoms. The maximum atomic E-state index is 12.4. The molecule has 1 heterocycles. The molecule has 1 aromatic carbocycles. The van der Waals surface area contributed by atoms with Crippen LogP contribution in [0.25, 0.3) is 0 Å². The molecular weight excluding hydrogens is 361 g/mol. The molecule has 1 saturated heterocycles. The van der Waals surface area contributed by atoms with Gasteiger partial charge in [0.2, 0.25) is 5.91 Å². The Morgan fingerprint density at radius 3 is 2.74 bits per heavy atom. The van der Waals surface area contributed by atoms with Gasteiger partial charge in [0.1, 0.15) is 6.04 Å². The summed E-state index contributed by atoms with van der Waals surface area (Å²) in [6, 6.07) is 4.47. The predicted molar refractivity (Wildman–Crippen MR) is 94.7 cm³/mol. The largest absolute Gasteiger partial charge is 0.340 e. The molecule has 0 radical (unpaired) electrons. The van der Waals surface area contributed by atoms with Gasteiger partial charge in [0.05, 0.1) is 15.6 Å². The third-order valence-corrected chi connectivity index (χ3v) is 4.41. The molecule has 8 heteroatoms.